The lowest BCUT2D eigenvalue weighted by Crippen LogP contribution is -2.43. The van der Waals surface area contributed by atoms with E-state index in [4.69, 9.17) is 4.98 Å². The molecule has 0 aliphatic carbocycles. The van der Waals surface area contributed by atoms with Crippen LogP contribution >= 0.6 is 0 Å². The van der Waals surface area contributed by atoms with Crippen LogP contribution in [0.2, 0.25) is 0 Å². The second-order valence-electron chi connectivity index (χ2n) is 8.17. The summed E-state index contributed by atoms with van der Waals surface area (Å²) < 4.78 is 13.3. The van der Waals surface area contributed by atoms with E-state index in [1.807, 2.05) is 0 Å². The molecule has 3 aromatic carbocycles. The topological polar surface area (TPSA) is 99.2 Å². The first-order valence-electron chi connectivity index (χ1n) is 11.3. The summed E-state index contributed by atoms with van der Waals surface area (Å²) in [5.74, 6) is 0.144. The largest absolute Gasteiger partial charge is 0.353 e. The molecular weight excluding hydrogens is 447 g/mol. The van der Waals surface area contributed by atoms with Gasteiger partial charge in [0.25, 0.3) is 0 Å². The number of benzene rings is 3. The predicted molar refractivity (Wildman–Crippen MR) is 134 cm³/mol. The molecule has 9 heteroatoms. The van der Waals surface area contributed by atoms with Gasteiger partial charge in [-0.25, -0.2) is 14.2 Å². The maximum atomic E-state index is 13.3. The van der Waals surface area contributed by atoms with Gasteiger partial charge in [-0.1, -0.05) is 18.2 Å². The molecule has 176 valence electrons. The van der Waals surface area contributed by atoms with Crippen LogP contribution in [0.15, 0.2) is 72.9 Å². The Bertz CT molecular complexity index is 1400. The van der Waals surface area contributed by atoms with Gasteiger partial charge in [0, 0.05) is 48.7 Å². The zero-order chi connectivity index (χ0) is 24.2. The number of anilines is 3. The van der Waals surface area contributed by atoms with Crippen LogP contribution in [-0.4, -0.2) is 48.0 Å². The van der Waals surface area contributed by atoms with Gasteiger partial charge in [-0.15, -0.1) is 0 Å². The SMILES string of the molecule is O=C(Nc1cccc(F)c1)Nc1cccc(C(=O)c2ccc3ncc(N4CCNCC4)nc3c2)c1. The second-order valence-corrected chi connectivity index (χ2v) is 8.17. The molecule has 2 amide bonds. The Labute approximate surface area is 201 Å². The van der Waals surface area contributed by atoms with E-state index >= 15 is 0 Å². The summed E-state index contributed by atoms with van der Waals surface area (Å²) in [6.07, 6.45) is 1.76. The number of aromatic nitrogens is 2. The van der Waals surface area contributed by atoms with Gasteiger partial charge in [0.15, 0.2) is 5.78 Å². The summed E-state index contributed by atoms with van der Waals surface area (Å²) in [7, 11) is 0. The maximum absolute atomic E-state index is 13.3. The summed E-state index contributed by atoms with van der Waals surface area (Å²) in [5.41, 5.74) is 3.02. The zero-order valence-electron chi connectivity index (χ0n) is 18.8. The highest BCUT2D eigenvalue weighted by molar-refractivity contribution is 6.11. The highest BCUT2D eigenvalue weighted by Crippen LogP contribution is 2.21. The number of fused-ring (bicyclic) bond motifs is 1. The van der Waals surface area contributed by atoms with Gasteiger partial charge >= 0.3 is 6.03 Å². The lowest BCUT2D eigenvalue weighted by molar-refractivity contribution is 0.103. The van der Waals surface area contributed by atoms with Crippen molar-refractivity contribution in [1.82, 2.24) is 15.3 Å². The molecule has 0 bridgehead atoms. The third-order valence-electron chi connectivity index (χ3n) is 5.70. The number of ketones is 1. The number of nitrogens with one attached hydrogen (secondary N) is 3. The predicted octanol–water partition coefficient (Wildman–Crippen LogP) is 4.05. The molecule has 4 aromatic rings. The molecule has 0 saturated carbocycles. The van der Waals surface area contributed by atoms with Crippen molar-refractivity contribution in [3.63, 3.8) is 0 Å². The van der Waals surface area contributed by atoms with E-state index in [1.165, 1.54) is 18.2 Å². The van der Waals surface area contributed by atoms with E-state index in [1.54, 1.807) is 54.7 Å². The molecule has 0 spiro atoms. The van der Waals surface area contributed by atoms with Crippen LogP contribution in [0.4, 0.5) is 26.4 Å². The van der Waals surface area contributed by atoms with Crippen LogP contribution in [0.25, 0.3) is 11.0 Å². The molecule has 2 heterocycles. The van der Waals surface area contributed by atoms with Gasteiger partial charge in [-0.2, -0.15) is 0 Å². The average molecular weight is 471 g/mol. The number of piperazine rings is 1. The summed E-state index contributed by atoms with van der Waals surface area (Å²) in [5, 5.41) is 8.55. The van der Waals surface area contributed by atoms with Crippen molar-refractivity contribution >= 4 is 40.0 Å². The number of urea groups is 1. The standard InChI is InChI=1S/C26H23FN6O2/c27-19-4-2-6-21(15-19)31-26(35)30-20-5-1-3-17(13-20)25(34)18-7-8-22-23(14-18)32-24(16-29-22)33-11-9-28-10-12-33/h1-8,13-16,28H,9-12H2,(H2,30,31,35). The van der Waals surface area contributed by atoms with Crippen molar-refractivity contribution in [3.05, 3.63) is 89.9 Å². The lowest BCUT2D eigenvalue weighted by atomic mass is 10.0. The minimum Gasteiger partial charge on any atom is -0.353 e. The molecule has 1 saturated heterocycles. The van der Waals surface area contributed by atoms with E-state index in [0.29, 0.717) is 33.5 Å². The lowest BCUT2D eigenvalue weighted by Gasteiger charge is -2.28. The number of amides is 2. The van der Waals surface area contributed by atoms with Crippen LogP contribution in [-0.2, 0) is 0 Å². The summed E-state index contributed by atoms with van der Waals surface area (Å²) >= 11 is 0. The molecule has 1 fully saturated rings. The van der Waals surface area contributed by atoms with E-state index < -0.39 is 11.8 Å². The Morgan fingerprint density at radius 2 is 1.57 bits per heavy atom. The van der Waals surface area contributed by atoms with Crippen molar-refractivity contribution in [3.8, 4) is 0 Å². The van der Waals surface area contributed by atoms with Gasteiger partial charge in [0.05, 0.1) is 17.2 Å². The Kier molecular flexibility index (Phi) is 6.32. The van der Waals surface area contributed by atoms with Crippen LogP contribution in [0, 0.1) is 5.82 Å². The quantitative estimate of drug-likeness (QED) is 0.381. The Hall–Kier alpha value is -4.37. The smallest absolute Gasteiger partial charge is 0.323 e. The average Bonchev–Trinajstić information content (AvgIpc) is 2.88. The molecule has 35 heavy (non-hydrogen) atoms. The van der Waals surface area contributed by atoms with Gasteiger partial charge in [-0.05, 0) is 48.5 Å². The number of nitrogens with zero attached hydrogens (tertiary/aromatic N) is 3. The van der Waals surface area contributed by atoms with Gasteiger partial charge < -0.3 is 20.9 Å². The summed E-state index contributed by atoms with van der Waals surface area (Å²) in [4.78, 5) is 36.9. The highest BCUT2D eigenvalue weighted by atomic mass is 19.1. The minimum atomic E-state index is -0.540. The molecule has 5 rings (SSSR count). The fraction of sp³-hybridized carbons (Fsp3) is 0.154. The molecule has 0 unspecified atom stereocenters. The van der Waals surface area contributed by atoms with Crippen molar-refractivity contribution in [2.24, 2.45) is 0 Å². The molecule has 1 aromatic heterocycles. The first-order valence-corrected chi connectivity index (χ1v) is 11.3. The highest BCUT2D eigenvalue weighted by Gasteiger charge is 2.15. The van der Waals surface area contributed by atoms with Gasteiger partial charge in [0.2, 0.25) is 0 Å². The number of halogens is 1. The second kappa shape index (κ2) is 9.86. The number of carbonyl (C=O) groups is 2. The number of rotatable bonds is 5. The molecule has 1 aliphatic heterocycles. The Morgan fingerprint density at radius 1 is 0.857 bits per heavy atom. The van der Waals surface area contributed by atoms with Crippen molar-refractivity contribution in [2.45, 2.75) is 0 Å². The number of hydrogen-bond acceptors (Lipinski definition) is 6. The minimum absolute atomic E-state index is 0.199. The molecule has 3 N–H and O–H groups in total. The van der Waals surface area contributed by atoms with Crippen molar-refractivity contribution in [1.29, 1.82) is 0 Å². The summed E-state index contributed by atoms with van der Waals surface area (Å²) in [6, 6.07) is 17.0. The molecule has 1 aliphatic rings. The van der Waals surface area contributed by atoms with E-state index in [-0.39, 0.29) is 5.78 Å². The molecule has 0 atom stereocenters. The number of carbonyl (C=O) groups excluding carboxylic acids is 2. The summed E-state index contributed by atoms with van der Waals surface area (Å²) in [6.45, 7) is 3.49. The Balaban J connectivity index is 1.33. The van der Waals surface area contributed by atoms with Crippen LogP contribution < -0.4 is 20.9 Å². The third kappa shape index (κ3) is 5.25. The van der Waals surface area contributed by atoms with Gasteiger partial charge in [0.1, 0.15) is 11.6 Å². The normalized spacial score (nSPS) is 13.5. The van der Waals surface area contributed by atoms with Crippen molar-refractivity contribution in [2.75, 3.05) is 41.7 Å². The van der Waals surface area contributed by atoms with Crippen LogP contribution in [0.1, 0.15) is 15.9 Å². The van der Waals surface area contributed by atoms with Gasteiger partial charge in [-0.3, -0.25) is 9.78 Å². The first kappa shape index (κ1) is 22.4. The van der Waals surface area contributed by atoms with Crippen LogP contribution in [0.3, 0.4) is 0 Å². The van der Waals surface area contributed by atoms with E-state index in [0.717, 1.165) is 32.0 Å². The number of hydrogen-bond donors (Lipinski definition) is 3. The fourth-order valence-electron chi connectivity index (χ4n) is 3.95. The first-order chi connectivity index (χ1) is 17.0. The van der Waals surface area contributed by atoms with Crippen molar-refractivity contribution < 1.29 is 14.0 Å². The van der Waals surface area contributed by atoms with E-state index in [2.05, 4.69) is 25.8 Å². The fourth-order valence-corrected chi connectivity index (χ4v) is 3.95. The molecular formula is C26H23FN6O2. The Morgan fingerprint density at radius 3 is 2.34 bits per heavy atom. The maximum Gasteiger partial charge on any atom is 0.323 e. The monoisotopic (exact) mass is 470 g/mol. The molecule has 8 nitrogen and oxygen atoms in total. The molecule has 0 radical (unpaired) electrons. The third-order valence-corrected chi connectivity index (χ3v) is 5.70. The van der Waals surface area contributed by atoms with Crippen LogP contribution in [0.5, 0.6) is 0 Å². The zero-order valence-corrected chi connectivity index (χ0v) is 18.8. The van der Waals surface area contributed by atoms with E-state index in [9.17, 15) is 14.0 Å².